The van der Waals surface area contributed by atoms with Crippen molar-refractivity contribution in [1.29, 1.82) is 0 Å². The summed E-state index contributed by atoms with van der Waals surface area (Å²) < 4.78 is 41.2. The summed E-state index contributed by atoms with van der Waals surface area (Å²) in [5, 5.41) is 30.3. The number of morpholine rings is 1. The molecule has 5 atom stereocenters. The summed E-state index contributed by atoms with van der Waals surface area (Å²) in [6, 6.07) is 39.4. The second-order valence-electron chi connectivity index (χ2n) is 28.3. The van der Waals surface area contributed by atoms with E-state index in [-0.39, 0.29) is 57.1 Å². The molecule has 5 unspecified atom stereocenters. The first kappa shape index (κ1) is 82.1. The van der Waals surface area contributed by atoms with Gasteiger partial charge in [-0.3, -0.25) is 34.0 Å². The van der Waals surface area contributed by atoms with Crippen LogP contribution in [0.3, 0.4) is 0 Å². The van der Waals surface area contributed by atoms with E-state index >= 15 is 0 Å². The molecule has 28 heteroatoms. The van der Waals surface area contributed by atoms with Crippen molar-refractivity contribution < 1.29 is 62.5 Å². The molecule has 2 fully saturated rings. The number of aliphatic hydroxyl groups is 2. The Kier molecular flexibility index (Phi) is 28.2. The number of halogens is 3. The van der Waals surface area contributed by atoms with E-state index in [9.17, 15) is 29.4 Å². The molecule has 9 heterocycles. The number of aromatic amines is 3. The molecule has 0 saturated carbocycles. The second-order valence-corrected chi connectivity index (χ2v) is 29.6. The number of piperazine rings is 1. The van der Waals surface area contributed by atoms with Crippen LogP contribution in [0.5, 0.6) is 17.2 Å². The minimum absolute atomic E-state index is 0.0369. The summed E-state index contributed by atoms with van der Waals surface area (Å²) in [5.41, 5.74) is 12.0. The number of nitrogens with one attached hydrogen (secondary N) is 3. The molecule has 0 radical (unpaired) electrons. The predicted molar refractivity (Wildman–Crippen MR) is 439 cm³/mol. The Morgan fingerprint density at radius 3 is 1.23 bits per heavy atom. The number of H-pyrrole nitrogens is 3. The van der Waals surface area contributed by atoms with E-state index in [0.717, 1.165) is 123 Å². The van der Waals surface area contributed by atoms with Gasteiger partial charge in [0.15, 0.2) is 19.8 Å². The summed E-state index contributed by atoms with van der Waals surface area (Å²) in [6.07, 6.45) is 3.61. The van der Waals surface area contributed by atoms with Crippen LogP contribution in [0.4, 0.5) is 14.4 Å². The molecule has 5 aliphatic rings. The second kappa shape index (κ2) is 39.4. The number of hydrogen-bond donors (Lipinski definition) is 5. The smallest absolute Gasteiger partial charge is 0.411 e. The lowest BCUT2D eigenvalue weighted by Crippen LogP contribution is -2.50. The number of amides is 4. The number of nitrogens with zero attached hydrogens (tertiary/aromatic N) is 9. The number of ether oxygens (including phenoxy) is 7. The van der Waals surface area contributed by atoms with Crippen LogP contribution in [-0.4, -0.2) is 231 Å². The third-order valence-electron chi connectivity index (χ3n) is 20.9. The van der Waals surface area contributed by atoms with Crippen molar-refractivity contribution in [2.24, 2.45) is 0 Å². The van der Waals surface area contributed by atoms with Crippen LogP contribution in [0.25, 0.3) is 32.7 Å². The number of aromatic nitrogens is 6. The van der Waals surface area contributed by atoms with Gasteiger partial charge in [-0.25, -0.2) is 19.4 Å². The maximum atomic E-state index is 13.1. The number of hydrogen-bond acceptors (Lipinski definition) is 17. The molecule has 4 amide bonds. The molecule has 115 heavy (non-hydrogen) atoms. The average Bonchev–Trinajstić information content (AvgIpc) is 1.65. The number of aryl methyl sites for hydroxylation is 1. The number of aliphatic hydroxyl groups excluding tert-OH is 2. The molecule has 2 saturated heterocycles. The molecule has 0 bridgehead atoms. The number of benzene rings is 6. The Hall–Kier alpha value is -10.9. The van der Waals surface area contributed by atoms with Crippen molar-refractivity contribution in [1.82, 2.24) is 59.1 Å². The molecule has 4 aromatic heterocycles. The lowest BCUT2D eigenvalue weighted by Gasteiger charge is -2.35. The van der Waals surface area contributed by atoms with Gasteiger partial charge in [0.1, 0.15) is 73.5 Å². The Morgan fingerprint density at radius 1 is 0.504 bits per heavy atom. The van der Waals surface area contributed by atoms with Crippen molar-refractivity contribution >= 4 is 91.7 Å². The molecule has 10 aromatic rings. The first-order valence-electron chi connectivity index (χ1n) is 38.5. The van der Waals surface area contributed by atoms with E-state index in [1.54, 1.807) is 53.4 Å². The number of β-amino-alcohol motifs (C(OH)–C–C–N with tert-alkyl or cyclic N) is 2. The first-order chi connectivity index (χ1) is 56.0. The van der Waals surface area contributed by atoms with Crippen molar-refractivity contribution in [3.63, 3.8) is 0 Å². The highest BCUT2D eigenvalue weighted by atomic mass is 35.5. The summed E-state index contributed by atoms with van der Waals surface area (Å²) in [7, 11) is 0. The van der Waals surface area contributed by atoms with Gasteiger partial charge < -0.3 is 63.2 Å². The zero-order valence-electron chi connectivity index (χ0n) is 64.7. The SMILES string of the molecule is CC#CCOC(=O)N1CCc2c([nH]c3ccc(Cl)cc23)C1c1ccc(OCC(O)CN2CCN(C(C)=O)CC2)cc1.CC#CCOC(=O)N1CCc2c([nH]c3ccc(Cl)cc23)C1c1ccc(OCC(O)CN2CCOCC2)cc1.CC#CCOC(=O)N1CCc2c([nH]c3ccc(Cl)cc23)C1c1ccc(OCCCn2cncn2)cc1. The van der Waals surface area contributed by atoms with E-state index in [1.807, 2.05) is 132 Å². The molecule has 15 rings (SSSR count). The van der Waals surface area contributed by atoms with Gasteiger partial charge in [-0.2, -0.15) is 5.10 Å². The maximum absolute atomic E-state index is 13.1. The number of rotatable bonds is 21. The highest BCUT2D eigenvalue weighted by molar-refractivity contribution is 6.32. The summed E-state index contributed by atoms with van der Waals surface area (Å²) >= 11 is 18.9. The molecule has 25 nitrogen and oxygen atoms in total. The fourth-order valence-corrected chi connectivity index (χ4v) is 15.8. The van der Waals surface area contributed by atoms with Crippen molar-refractivity contribution in [2.75, 3.05) is 125 Å². The third kappa shape index (κ3) is 20.6. The normalized spacial score (nSPS) is 17.1. The van der Waals surface area contributed by atoms with E-state index in [4.69, 9.17) is 68.0 Å². The Morgan fingerprint density at radius 2 is 0.878 bits per heavy atom. The molecule has 5 aliphatic heterocycles. The van der Waals surface area contributed by atoms with Gasteiger partial charge in [0.05, 0.1) is 19.8 Å². The van der Waals surface area contributed by atoms with E-state index in [2.05, 4.69) is 70.4 Å². The summed E-state index contributed by atoms with van der Waals surface area (Å²) in [6.45, 7) is 16.9. The Balaban J connectivity index is 0.000000151. The summed E-state index contributed by atoms with van der Waals surface area (Å²) in [4.78, 5) is 76.6. The summed E-state index contributed by atoms with van der Waals surface area (Å²) in [5.74, 6) is 18.8. The van der Waals surface area contributed by atoms with Gasteiger partial charge in [0, 0.05) is 157 Å². The Labute approximate surface area is 682 Å². The minimum atomic E-state index is -0.658. The molecule has 0 aliphatic carbocycles. The largest absolute Gasteiger partial charge is 0.494 e. The van der Waals surface area contributed by atoms with Gasteiger partial charge in [-0.05, 0) is 164 Å². The number of carbonyl (C=O) groups is 4. The van der Waals surface area contributed by atoms with Crippen LogP contribution in [0, 0.1) is 35.5 Å². The van der Waals surface area contributed by atoms with E-state index in [1.165, 1.54) is 11.9 Å². The predicted octanol–water partition coefficient (Wildman–Crippen LogP) is 12.8. The fourth-order valence-electron chi connectivity index (χ4n) is 15.3. The van der Waals surface area contributed by atoms with Gasteiger partial charge in [-0.1, -0.05) is 89.0 Å². The lowest BCUT2D eigenvalue weighted by molar-refractivity contribution is -0.130. The zero-order chi connectivity index (χ0) is 80.3. The van der Waals surface area contributed by atoms with E-state index in [0.29, 0.717) is 111 Å². The van der Waals surface area contributed by atoms with Crippen LogP contribution >= 0.6 is 34.8 Å². The molecular weight excluding hydrogens is 1530 g/mol. The van der Waals surface area contributed by atoms with E-state index < -0.39 is 30.5 Å². The van der Waals surface area contributed by atoms with Crippen LogP contribution in [-0.2, 0) is 49.5 Å². The van der Waals surface area contributed by atoms with Gasteiger partial charge in [0.25, 0.3) is 0 Å². The molecular formula is C87H93Cl3N12O13. The number of carbonyl (C=O) groups excluding carboxylic acids is 4. The van der Waals surface area contributed by atoms with Crippen molar-refractivity contribution in [3.8, 4) is 52.8 Å². The zero-order valence-corrected chi connectivity index (χ0v) is 66.9. The molecule has 5 N–H and O–H groups in total. The maximum Gasteiger partial charge on any atom is 0.411 e. The van der Waals surface area contributed by atoms with Crippen LogP contribution in [0.1, 0.15) is 103 Å². The van der Waals surface area contributed by atoms with Gasteiger partial charge in [-0.15, -0.1) is 17.8 Å². The third-order valence-corrected chi connectivity index (χ3v) is 21.6. The fraction of sp³-hybridized carbons (Fsp3) is 0.379. The highest BCUT2D eigenvalue weighted by Gasteiger charge is 2.39. The molecule has 600 valence electrons. The molecule has 0 spiro atoms. The molecule has 6 aromatic carbocycles. The minimum Gasteiger partial charge on any atom is -0.494 e. The number of fused-ring (bicyclic) bond motifs is 9. The average molecular weight is 1620 g/mol. The van der Waals surface area contributed by atoms with Crippen LogP contribution in [0.2, 0.25) is 15.1 Å². The first-order valence-corrected chi connectivity index (χ1v) is 39.7. The van der Waals surface area contributed by atoms with Gasteiger partial charge >= 0.3 is 18.3 Å². The quantitative estimate of drug-likeness (QED) is 0.0254. The monoisotopic (exact) mass is 1620 g/mol. The van der Waals surface area contributed by atoms with Crippen LogP contribution < -0.4 is 14.2 Å². The highest BCUT2D eigenvalue weighted by Crippen LogP contribution is 2.44. The lowest BCUT2D eigenvalue weighted by atomic mass is 9.92. The standard InChI is InChI=1S/C31H35ClN4O5.C29H32ClN3O5.C27H26ClN5O3/c1-3-4-17-40-31(39)36-12-11-26-27-18-23(32)7-10-28(27)33-29(26)30(36)22-5-8-25(9-6-22)41-20-24(38)19-34-13-15-35(16-14-34)21(2)37;1-2-3-14-37-29(35)33-11-10-24-25-17-21(30)6-9-26(25)31-27(24)28(33)20-4-7-23(8-5-20)38-19-22(34)18-32-12-15-36-16-13-32;1-2-3-14-36-27(34)33-13-11-22-23-16-20(28)7-10-24(23)31-25(22)26(33)19-5-8-21(9-6-19)35-15-4-12-32-18-29-17-30-32/h5-10,18,24,30,33,38H,11-17,19-20H2,1-2H3;4-9,17,22,28,31,34H,10-16,18-19H2,1H3;5-10,16-18,26,31H,4,11-15H2,1H3. The topological polar surface area (TPSA) is 271 Å². The van der Waals surface area contributed by atoms with Crippen molar-refractivity contribution in [2.45, 2.75) is 90.3 Å². The Bertz CT molecular complexity index is 5200. The van der Waals surface area contributed by atoms with Gasteiger partial charge in [0.2, 0.25) is 5.91 Å². The van der Waals surface area contributed by atoms with Crippen LogP contribution in [0.15, 0.2) is 140 Å². The van der Waals surface area contributed by atoms with Crippen molar-refractivity contribution in [3.05, 3.63) is 206 Å².